The van der Waals surface area contributed by atoms with Crippen molar-refractivity contribution < 1.29 is 18.7 Å². The Morgan fingerprint density at radius 3 is 2.62 bits per heavy atom. The summed E-state index contributed by atoms with van der Waals surface area (Å²) in [6, 6.07) is 12.1. The molecule has 0 aliphatic carbocycles. The third-order valence-electron chi connectivity index (χ3n) is 4.83. The normalized spacial score (nSPS) is 11.5. The van der Waals surface area contributed by atoms with Crippen molar-refractivity contribution in [2.45, 2.75) is 12.5 Å². The van der Waals surface area contributed by atoms with E-state index >= 15 is 0 Å². The first-order valence-corrected chi connectivity index (χ1v) is 10.2. The van der Waals surface area contributed by atoms with Crippen LogP contribution in [0.1, 0.15) is 34.2 Å². The molecule has 0 saturated carbocycles. The summed E-state index contributed by atoms with van der Waals surface area (Å²) in [6.45, 7) is 0.689. The quantitative estimate of drug-likeness (QED) is 0.447. The summed E-state index contributed by atoms with van der Waals surface area (Å²) in [7, 11) is 3.44. The van der Waals surface area contributed by atoms with Crippen LogP contribution in [0.4, 0.5) is 9.18 Å². The lowest BCUT2D eigenvalue weighted by Crippen LogP contribution is -2.40. The zero-order valence-corrected chi connectivity index (χ0v) is 18.0. The summed E-state index contributed by atoms with van der Waals surface area (Å²) < 4.78 is 20.3. The third kappa shape index (κ3) is 6.07. The van der Waals surface area contributed by atoms with Crippen LogP contribution in [-0.4, -0.2) is 41.7 Å². The predicted octanol–water partition coefficient (Wildman–Crippen LogP) is 2.78. The fourth-order valence-electron chi connectivity index (χ4n) is 3.18. The molecule has 0 aliphatic heterocycles. The van der Waals surface area contributed by atoms with Gasteiger partial charge in [0.1, 0.15) is 23.4 Å². The molecule has 3 aromatic rings. The summed E-state index contributed by atoms with van der Waals surface area (Å²) in [4.78, 5) is 28.9. The number of hydrogen-bond acceptors (Lipinski definition) is 4. The van der Waals surface area contributed by atoms with Gasteiger partial charge >= 0.3 is 6.03 Å². The van der Waals surface area contributed by atoms with Crippen LogP contribution in [-0.2, 0) is 7.05 Å². The van der Waals surface area contributed by atoms with Crippen molar-refractivity contribution in [2.75, 3.05) is 20.2 Å². The first-order chi connectivity index (χ1) is 15.5. The Morgan fingerprint density at radius 2 is 1.91 bits per heavy atom. The van der Waals surface area contributed by atoms with Gasteiger partial charge in [-0.15, -0.1) is 0 Å². The molecule has 2 aromatic carbocycles. The number of halogens is 1. The van der Waals surface area contributed by atoms with Crippen LogP contribution in [0.3, 0.4) is 0 Å². The maximum absolute atomic E-state index is 13.2. The number of carbonyl (C=O) groups excluding carboxylic acids is 2. The van der Waals surface area contributed by atoms with Crippen molar-refractivity contribution in [3.05, 3.63) is 83.7 Å². The fraction of sp³-hybridized carbons (Fsp3) is 0.261. The zero-order chi connectivity index (χ0) is 22.9. The topological polar surface area (TPSA) is 97.3 Å². The van der Waals surface area contributed by atoms with Gasteiger partial charge in [-0.25, -0.2) is 14.2 Å². The number of methoxy groups -OCH3 is 1. The highest BCUT2D eigenvalue weighted by Crippen LogP contribution is 2.24. The molecule has 1 unspecified atom stereocenters. The molecule has 168 valence electrons. The van der Waals surface area contributed by atoms with Crippen LogP contribution < -0.4 is 20.7 Å². The average molecular weight is 439 g/mol. The van der Waals surface area contributed by atoms with Crippen molar-refractivity contribution in [1.82, 2.24) is 25.5 Å². The number of ether oxygens (including phenoxy) is 1. The maximum atomic E-state index is 13.2. The Bertz CT molecular complexity index is 1070. The Morgan fingerprint density at radius 1 is 1.12 bits per heavy atom. The Hall–Kier alpha value is -3.88. The molecule has 3 rings (SSSR count). The highest BCUT2D eigenvalue weighted by molar-refractivity contribution is 5.94. The van der Waals surface area contributed by atoms with E-state index in [1.165, 1.54) is 18.2 Å². The van der Waals surface area contributed by atoms with Gasteiger partial charge in [-0.2, -0.15) is 0 Å². The van der Waals surface area contributed by atoms with Gasteiger partial charge in [-0.1, -0.05) is 18.2 Å². The average Bonchev–Trinajstić information content (AvgIpc) is 3.22. The van der Waals surface area contributed by atoms with E-state index in [0.29, 0.717) is 31.1 Å². The number of imidazole rings is 1. The molecule has 9 heteroatoms. The number of urea groups is 1. The number of carbonyl (C=O) groups is 2. The Kier molecular flexibility index (Phi) is 7.80. The van der Waals surface area contributed by atoms with Gasteiger partial charge in [-0.3, -0.25) is 4.79 Å². The highest BCUT2D eigenvalue weighted by Gasteiger charge is 2.21. The van der Waals surface area contributed by atoms with E-state index in [1.54, 1.807) is 19.4 Å². The minimum absolute atomic E-state index is 0.256. The fourth-order valence-corrected chi connectivity index (χ4v) is 3.18. The largest absolute Gasteiger partial charge is 0.497 e. The molecule has 0 bridgehead atoms. The predicted molar refractivity (Wildman–Crippen MR) is 118 cm³/mol. The number of aromatic nitrogens is 2. The van der Waals surface area contributed by atoms with Crippen molar-refractivity contribution in [1.29, 1.82) is 0 Å². The van der Waals surface area contributed by atoms with Gasteiger partial charge in [0.2, 0.25) is 0 Å². The minimum Gasteiger partial charge on any atom is -0.497 e. The summed E-state index contributed by atoms with van der Waals surface area (Å²) in [5.41, 5.74) is 1.09. The van der Waals surface area contributed by atoms with Crippen molar-refractivity contribution in [3.63, 3.8) is 0 Å². The lowest BCUT2D eigenvalue weighted by atomic mass is 10.1. The highest BCUT2D eigenvalue weighted by atomic mass is 19.1. The number of amides is 3. The molecule has 0 saturated heterocycles. The van der Waals surface area contributed by atoms with Gasteiger partial charge in [0.15, 0.2) is 0 Å². The number of hydrogen-bond donors (Lipinski definition) is 3. The van der Waals surface area contributed by atoms with Crippen LogP contribution in [0.2, 0.25) is 0 Å². The van der Waals surface area contributed by atoms with Crippen LogP contribution in [0.5, 0.6) is 5.75 Å². The molecule has 0 radical (unpaired) electrons. The Balaban J connectivity index is 1.52. The number of rotatable bonds is 9. The first kappa shape index (κ1) is 22.8. The van der Waals surface area contributed by atoms with Crippen molar-refractivity contribution >= 4 is 11.9 Å². The van der Waals surface area contributed by atoms with Gasteiger partial charge in [0.05, 0.1) is 7.11 Å². The molecular formula is C23H26FN5O3. The standard InChI is InChI=1S/C23H26FN5O3/c1-29-13-12-25-21(29)20(16-6-4-9-19(15-16)32-2)28-23(31)27-11-5-10-26-22(30)17-7-3-8-18(24)14-17/h3-4,6-9,12-15,20H,5,10-11H2,1-2H3,(H,26,30)(H2,27,28,31). The maximum Gasteiger partial charge on any atom is 0.315 e. The summed E-state index contributed by atoms with van der Waals surface area (Å²) in [5, 5.41) is 8.43. The van der Waals surface area contributed by atoms with E-state index in [-0.39, 0.29) is 17.5 Å². The van der Waals surface area contributed by atoms with E-state index in [0.717, 1.165) is 5.56 Å². The van der Waals surface area contributed by atoms with Crippen LogP contribution in [0.25, 0.3) is 0 Å². The smallest absolute Gasteiger partial charge is 0.315 e. The van der Waals surface area contributed by atoms with Crippen molar-refractivity contribution in [3.8, 4) is 5.75 Å². The van der Waals surface area contributed by atoms with Gasteiger partial charge < -0.3 is 25.3 Å². The van der Waals surface area contributed by atoms with Crippen LogP contribution in [0, 0.1) is 5.82 Å². The van der Waals surface area contributed by atoms with Crippen LogP contribution >= 0.6 is 0 Å². The zero-order valence-electron chi connectivity index (χ0n) is 18.0. The third-order valence-corrected chi connectivity index (χ3v) is 4.83. The van der Waals surface area contributed by atoms with Crippen molar-refractivity contribution in [2.24, 2.45) is 7.05 Å². The first-order valence-electron chi connectivity index (χ1n) is 10.2. The molecule has 1 atom stereocenters. The SMILES string of the molecule is COc1cccc(C(NC(=O)NCCCNC(=O)c2cccc(F)c2)c2nccn2C)c1. The lowest BCUT2D eigenvalue weighted by molar-refractivity contribution is 0.0953. The van der Waals surface area contributed by atoms with Gasteiger partial charge in [0, 0.05) is 38.1 Å². The second kappa shape index (κ2) is 10.9. The van der Waals surface area contributed by atoms with E-state index in [2.05, 4.69) is 20.9 Å². The summed E-state index contributed by atoms with van der Waals surface area (Å²) >= 11 is 0. The molecule has 0 fully saturated rings. The van der Waals surface area contributed by atoms with Gasteiger partial charge in [-0.05, 0) is 42.3 Å². The molecule has 1 aromatic heterocycles. The number of nitrogens with zero attached hydrogens (tertiary/aromatic N) is 2. The van der Waals surface area contributed by atoms with E-state index in [1.807, 2.05) is 42.1 Å². The second-order valence-electron chi connectivity index (χ2n) is 7.13. The van der Waals surface area contributed by atoms with E-state index in [9.17, 15) is 14.0 Å². The molecule has 3 N–H and O–H groups in total. The molecule has 0 spiro atoms. The molecule has 3 amide bonds. The molecule has 1 heterocycles. The van der Waals surface area contributed by atoms with E-state index < -0.39 is 11.9 Å². The van der Waals surface area contributed by atoms with Gasteiger partial charge in [0.25, 0.3) is 5.91 Å². The molecule has 0 aliphatic rings. The lowest BCUT2D eigenvalue weighted by Gasteiger charge is -2.20. The molecular weight excluding hydrogens is 413 g/mol. The second-order valence-corrected chi connectivity index (χ2v) is 7.13. The number of nitrogens with one attached hydrogen (secondary N) is 3. The van der Waals surface area contributed by atoms with Crippen LogP contribution in [0.15, 0.2) is 60.9 Å². The van der Waals surface area contributed by atoms with E-state index in [4.69, 9.17) is 4.74 Å². The summed E-state index contributed by atoms with van der Waals surface area (Å²) in [5.74, 6) is 0.532. The minimum atomic E-state index is -0.474. The number of benzene rings is 2. The Labute approximate surface area is 185 Å². The number of aryl methyl sites for hydroxylation is 1. The summed E-state index contributed by atoms with van der Waals surface area (Å²) in [6.07, 6.45) is 3.99. The monoisotopic (exact) mass is 439 g/mol. The molecule has 8 nitrogen and oxygen atoms in total. The molecule has 32 heavy (non-hydrogen) atoms.